The predicted octanol–water partition coefficient (Wildman–Crippen LogP) is -1.32. The molecule has 1 fully saturated rings. The van der Waals surface area contributed by atoms with Gasteiger partial charge in [0.25, 0.3) is 0 Å². The number of hydrogen-bond acceptors (Lipinski definition) is 5. The summed E-state index contributed by atoms with van der Waals surface area (Å²) in [4.78, 5) is 0. The summed E-state index contributed by atoms with van der Waals surface area (Å²) < 4.78 is 9.82. The number of methoxy groups -OCH3 is 1. The highest BCUT2D eigenvalue weighted by Gasteiger charge is 2.43. The smallest absolute Gasteiger partial charge is 0.186 e. The van der Waals surface area contributed by atoms with Gasteiger partial charge in [-0.15, -0.1) is 11.6 Å². The van der Waals surface area contributed by atoms with E-state index in [0.717, 1.165) is 0 Å². The number of aliphatic hydroxyl groups is 3. The summed E-state index contributed by atoms with van der Waals surface area (Å²) in [5.74, 6) is 0.0325. The molecule has 6 heteroatoms. The lowest BCUT2D eigenvalue weighted by atomic mass is 10.00. The number of hydrogen-bond donors (Lipinski definition) is 3. The minimum absolute atomic E-state index is 0.0325. The average molecular weight is 213 g/mol. The van der Waals surface area contributed by atoms with Crippen LogP contribution in [0.25, 0.3) is 0 Å². The van der Waals surface area contributed by atoms with Crippen molar-refractivity contribution in [1.29, 1.82) is 0 Å². The molecule has 0 saturated carbocycles. The molecule has 5 nitrogen and oxygen atoms in total. The van der Waals surface area contributed by atoms with Gasteiger partial charge in [-0.05, 0) is 0 Å². The summed E-state index contributed by atoms with van der Waals surface area (Å²) in [5, 5.41) is 28.0. The van der Waals surface area contributed by atoms with Crippen LogP contribution in [0.5, 0.6) is 0 Å². The van der Waals surface area contributed by atoms with Gasteiger partial charge in [0, 0.05) is 7.11 Å². The van der Waals surface area contributed by atoms with Crippen molar-refractivity contribution in [2.24, 2.45) is 0 Å². The topological polar surface area (TPSA) is 79.2 Å². The fourth-order valence-electron chi connectivity index (χ4n) is 1.24. The normalized spacial score (nSPS) is 46.4. The van der Waals surface area contributed by atoms with E-state index in [0.29, 0.717) is 0 Å². The van der Waals surface area contributed by atoms with Gasteiger partial charge in [-0.2, -0.15) is 0 Å². The summed E-state index contributed by atoms with van der Waals surface area (Å²) in [6.45, 7) is 0. The highest BCUT2D eigenvalue weighted by molar-refractivity contribution is 6.18. The largest absolute Gasteiger partial charge is 0.388 e. The van der Waals surface area contributed by atoms with Crippen LogP contribution in [0.15, 0.2) is 0 Å². The van der Waals surface area contributed by atoms with Crippen molar-refractivity contribution < 1.29 is 24.8 Å². The quantitative estimate of drug-likeness (QED) is 0.495. The molecule has 0 radical (unpaired) electrons. The van der Waals surface area contributed by atoms with Crippen molar-refractivity contribution in [2.75, 3.05) is 13.0 Å². The van der Waals surface area contributed by atoms with Crippen LogP contribution in [0.3, 0.4) is 0 Å². The molecule has 13 heavy (non-hydrogen) atoms. The van der Waals surface area contributed by atoms with Gasteiger partial charge in [-0.3, -0.25) is 0 Å². The Labute approximate surface area is 80.8 Å². The minimum atomic E-state index is -1.29. The number of rotatable bonds is 2. The molecule has 1 aliphatic rings. The lowest BCUT2D eigenvalue weighted by Gasteiger charge is -2.38. The predicted molar refractivity (Wildman–Crippen MR) is 44.4 cm³/mol. The van der Waals surface area contributed by atoms with E-state index >= 15 is 0 Å². The Bertz CT molecular complexity index is 147. The van der Waals surface area contributed by atoms with Crippen LogP contribution in [0.4, 0.5) is 0 Å². The molecule has 0 aliphatic carbocycles. The highest BCUT2D eigenvalue weighted by atomic mass is 35.5. The Morgan fingerprint density at radius 2 is 1.85 bits per heavy atom. The molecule has 1 heterocycles. The van der Waals surface area contributed by atoms with Gasteiger partial charge in [0.05, 0.1) is 5.88 Å². The Hall–Kier alpha value is 0.0900. The summed E-state index contributed by atoms with van der Waals surface area (Å²) in [6, 6.07) is 0. The Morgan fingerprint density at radius 1 is 1.23 bits per heavy atom. The van der Waals surface area contributed by atoms with E-state index < -0.39 is 30.7 Å². The van der Waals surface area contributed by atoms with E-state index in [2.05, 4.69) is 0 Å². The zero-order valence-electron chi connectivity index (χ0n) is 7.13. The van der Waals surface area contributed by atoms with E-state index in [1.165, 1.54) is 7.11 Å². The summed E-state index contributed by atoms with van der Waals surface area (Å²) in [6.07, 6.45) is -5.38. The number of aliphatic hydroxyl groups excluding tert-OH is 3. The molecule has 0 amide bonds. The van der Waals surface area contributed by atoms with Crippen LogP contribution in [0.1, 0.15) is 0 Å². The number of alkyl halides is 1. The summed E-state index contributed by atoms with van der Waals surface area (Å²) in [7, 11) is 1.34. The lowest BCUT2D eigenvalue weighted by Crippen LogP contribution is -2.58. The molecule has 1 aliphatic heterocycles. The van der Waals surface area contributed by atoms with Gasteiger partial charge in [0.15, 0.2) is 6.29 Å². The fraction of sp³-hybridized carbons (Fsp3) is 1.00. The van der Waals surface area contributed by atoms with Crippen molar-refractivity contribution in [3.63, 3.8) is 0 Å². The molecular weight excluding hydrogens is 200 g/mol. The van der Waals surface area contributed by atoms with Crippen molar-refractivity contribution in [3.8, 4) is 0 Å². The van der Waals surface area contributed by atoms with Crippen LogP contribution >= 0.6 is 11.6 Å². The Morgan fingerprint density at radius 3 is 2.31 bits per heavy atom. The molecule has 0 aromatic heterocycles. The van der Waals surface area contributed by atoms with E-state index in [-0.39, 0.29) is 5.88 Å². The zero-order valence-corrected chi connectivity index (χ0v) is 7.89. The van der Waals surface area contributed by atoms with Crippen molar-refractivity contribution >= 4 is 11.6 Å². The third-order valence-corrected chi connectivity index (χ3v) is 2.36. The zero-order chi connectivity index (χ0) is 10.0. The molecule has 0 aromatic carbocycles. The summed E-state index contributed by atoms with van der Waals surface area (Å²) >= 11 is 5.48. The van der Waals surface area contributed by atoms with E-state index in [4.69, 9.17) is 21.1 Å². The molecule has 0 spiro atoms. The van der Waals surface area contributed by atoms with Crippen LogP contribution < -0.4 is 0 Å². The average Bonchev–Trinajstić information content (AvgIpc) is 2.15. The molecule has 3 unspecified atom stereocenters. The molecule has 1 rings (SSSR count). The maximum absolute atomic E-state index is 9.35. The van der Waals surface area contributed by atoms with Crippen molar-refractivity contribution in [2.45, 2.75) is 30.7 Å². The van der Waals surface area contributed by atoms with E-state index in [9.17, 15) is 15.3 Å². The first-order valence-corrected chi connectivity index (χ1v) is 4.43. The second kappa shape index (κ2) is 4.54. The first-order valence-electron chi connectivity index (χ1n) is 3.90. The molecule has 78 valence electrons. The molecular formula is C7H13ClO5. The first-order chi connectivity index (χ1) is 6.11. The molecule has 0 bridgehead atoms. The maximum Gasteiger partial charge on any atom is 0.186 e. The van der Waals surface area contributed by atoms with Gasteiger partial charge in [0.2, 0.25) is 0 Å². The summed E-state index contributed by atoms with van der Waals surface area (Å²) in [5.41, 5.74) is 0. The SMILES string of the molecule is COC1OC(CCl)[C@@H](O)C(O)[C@@H]1O. The van der Waals surface area contributed by atoms with Crippen LogP contribution in [0, 0.1) is 0 Å². The third kappa shape index (κ3) is 2.12. The second-order valence-electron chi connectivity index (χ2n) is 2.90. The molecule has 5 atom stereocenters. The standard InChI is InChI=1S/C7H13ClO5/c1-12-7-6(11)5(10)4(9)3(2-8)13-7/h3-7,9-11H,2H2,1H3/t3?,4-,5?,6+,7?/m1/s1. The maximum atomic E-state index is 9.35. The van der Waals surface area contributed by atoms with Gasteiger partial charge in [-0.25, -0.2) is 0 Å². The second-order valence-corrected chi connectivity index (χ2v) is 3.21. The van der Waals surface area contributed by atoms with Crippen molar-refractivity contribution in [1.82, 2.24) is 0 Å². The minimum Gasteiger partial charge on any atom is -0.388 e. The Kier molecular flexibility index (Phi) is 3.90. The first kappa shape index (κ1) is 11.2. The fourth-order valence-corrected chi connectivity index (χ4v) is 1.49. The third-order valence-electron chi connectivity index (χ3n) is 2.05. The van der Waals surface area contributed by atoms with Crippen molar-refractivity contribution in [3.05, 3.63) is 0 Å². The molecule has 0 aromatic rings. The van der Waals surface area contributed by atoms with Gasteiger partial charge in [0.1, 0.15) is 24.4 Å². The monoisotopic (exact) mass is 212 g/mol. The lowest BCUT2D eigenvalue weighted by molar-refractivity contribution is -0.285. The van der Waals surface area contributed by atoms with E-state index in [1.54, 1.807) is 0 Å². The molecule has 1 saturated heterocycles. The molecule has 3 N–H and O–H groups in total. The van der Waals surface area contributed by atoms with Crippen LogP contribution in [0.2, 0.25) is 0 Å². The number of halogens is 1. The van der Waals surface area contributed by atoms with Gasteiger partial charge < -0.3 is 24.8 Å². The van der Waals surface area contributed by atoms with E-state index in [1.807, 2.05) is 0 Å². The highest BCUT2D eigenvalue weighted by Crippen LogP contribution is 2.22. The van der Waals surface area contributed by atoms with Gasteiger partial charge in [-0.1, -0.05) is 0 Å². The van der Waals surface area contributed by atoms with Gasteiger partial charge >= 0.3 is 0 Å². The van der Waals surface area contributed by atoms with Crippen LogP contribution in [-0.2, 0) is 9.47 Å². The van der Waals surface area contributed by atoms with Crippen LogP contribution in [-0.4, -0.2) is 59.0 Å². The Balaban J connectivity index is 2.66. The number of ether oxygens (including phenoxy) is 2.